The number of aromatic nitrogens is 2. The normalized spacial score (nSPS) is 17.2. The fourth-order valence-corrected chi connectivity index (χ4v) is 5.58. The van der Waals surface area contributed by atoms with E-state index in [2.05, 4.69) is 39.5 Å². The van der Waals surface area contributed by atoms with Crippen molar-refractivity contribution in [2.24, 2.45) is 0 Å². The molecule has 1 atom stereocenters. The van der Waals surface area contributed by atoms with E-state index >= 15 is 0 Å². The van der Waals surface area contributed by atoms with Crippen molar-refractivity contribution in [3.05, 3.63) is 107 Å². The topological polar surface area (TPSA) is 41.1 Å². The average molecular weight is 497 g/mol. The largest absolute Gasteiger partial charge is 0.324 e. The summed E-state index contributed by atoms with van der Waals surface area (Å²) in [6.45, 7) is 3.56. The van der Waals surface area contributed by atoms with E-state index in [-0.39, 0.29) is 5.92 Å². The van der Waals surface area contributed by atoms with Gasteiger partial charge in [0.2, 0.25) is 5.95 Å². The number of hydrogen-bond acceptors (Lipinski definition) is 4. The van der Waals surface area contributed by atoms with Crippen molar-refractivity contribution in [2.45, 2.75) is 38.0 Å². The van der Waals surface area contributed by atoms with Gasteiger partial charge in [0.05, 0.1) is 5.69 Å². The van der Waals surface area contributed by atoms with Crippen molar-refractivity contribution in [2.75, 3.05) is 25.0 Å². The maximum atomic E-state index is 14.0. The third kappa shape index (κ3) is 5.12. The molecule has 37 heavy (non-hydrogen) atoms. The van der Waals surface area contributed by atoms with Gasteiger partial charge in [0.25, 0.3) is 0 Å². The quantitative estimate of drug-likeness (QED) is 0.316. The standard InChI is InChI=1S/C31H30F2N4/c32-28-13-10-22(19-29(28)33)27-18-23-20-34-31(36-30(23)26-7-3-2-6-25(26)27)35-24-11-8-21(9-12-24)14-17-37-15-4-1-5-16-37/h2-3,6-13,19-20,27H,1,4-5,14-18H2,(H,34,35,36)/t27-/m1/s1. The third-order valence-corrected chi connectivity index (χ3v) is 7.60. The summed E-state index contributed by atoms with van der Waals surface area (Å²) >= 11 is 0. The highest BCUT2D eigenvalue weighted by molar-refractivity contribution is 5.73. The summed E-state index contributed by atoms with van der Waals surface area (Å²) in [6.07, 6.45) is 7.54. The maximum Gasteiger partial charge on any atom is 0.227 e. The monoisotopic (exact) mass is 496 g/mol. The van der Waals surface area contributed by atoms with Gasteiger partial charge in [-0.15, -0.1) is 0 Å². The Morgan fingerprint density at radius 1 is 0.892 bits per heavy atom. The number of hydrogen-bond donors (Lipinski definition) is 1. The molecule has 1 aliphatic carbocycles. The van der Waals surface area contributed by atoms with Gasteiger partial charge in [-0.05, 0) is 85.3 Å². The Morgan fingerprint density at radius 3 is 2.51 bits per heavy atom. The first-order chi connectivity index (χ1) is 18.1. The molecule has 0 unspecified atom stereocenters. The van der Waals surface area contributed by atoms with Crippen molar-refractivity contribution < 1.29 is 8.78 Å². The van der Waals surface area contributed by atoms with Crippen LogP contribution in [0.4, 0.5) is 20.4 Å². The highest BCUT2D eigenvalue weighted by atomic mass is 19.2. The minimum absolute atomic E-state index is 0.0845. The smallest absolute Gasteiger partial charge is 0.227 e. The van der Waals surface area contributed by atoms with Crippen LogP contribution < -0.4 is 5.32 Å². The molecule has 4 nitrogen and oxygen atoms in total. The van der Waals surface area contributed by atoms with Crippen LogP contribution in [0.5, 0.6) is 0 Å². The van der Waals surface area contributed by atoms with Gasteiger partial charge in [0, 0.05) is 29.9 Å². The molecular formula is C31H30F2N4. The van der Waals surface area contributed by atoms with Crippen LogP contribution in [-0.4, -0.2) is 34.5 Å². The summed E-state index contributed by atoms with van der Waals surface area (Å²) in [4.78, 5) is 12.0. The lowest BCUT2D eigenvalue weighted by Crippen LogP contribution is -2.31. The molecule has 1 saturated heterocycles. The molecule has 2 heterocycles. The second-order valence-electron chi connectivity index (χ2n) is 10.1. The number of fused-ring (bicyclic) bond motifs is 3. The van der Waals surface area contributed by atoms with Crippen LogP contribution in [0.25, 0.3) is 11.3 Å². The summed E-state index contributed by atoms with van der Waals surface area (Å²) < 4.78 is 27.6. The summed E-state index contributed by atoms with van der Waals surface area (Å²) in [7, 11) is 0. The van der Waals surface area contributed by atoms with Gasteiger partial charge in [-0.1, -0.05) is 48.9 Å². The molecule has 2 aliphatic rings. The van der Waals surface area contributed by atoms with Crippen molar-refractivity contribution in [1.82, 2.24) is 14.9 Å². The molecule has 3 aromatic carbocycles. The van der Waals surface area contributed by atoms with E-state index in [0.29, 0.717) is 12.4 Å². The lowest BCUT2D eigenvalue weighted by Gasteiger charge is -2.27. The third-order valence-electron chi connectivity index (χ3n) is 7.60. The number of piperidine rings is 1. The first-order valence-electron chi connectivity index (χ1n) is 13.1. The van der Waals surface area contributed by atoms with E-state index in [1.54, 1.807) is 6.07 Å². The Morgan fingerprint density at radius 2 is 1.70 bits per heavy atom. The van der Waals surface area contributed by atoms with Crippen molar-refractivity contribution in [1.29, 1.82) is 0 Å². The first-order valence-corrected chi connectivity index (χ1v) is 13.1. The van der Waals surface area contributed by atoms with Crippen molar-refractivity contribution in [3.63, 3.8) is 0 Å². The lowest BCUT2D eigenvalue weighted by molar-refractivity contribution is 0.231. The molecule has 0 saturated carbocycles. The van der Waals surface area contributed by atoms with E-state index in [4.69, 9.17) is 4.98 Å². The molecule has 1 aliphatic heterocycles. The Balaban J connectivity index is 1.20. The van der Waals surface area contributed by atoms with Crippen LogP contribution in [0.2, 0.25) is 0 Å². The average Bonchev–Trinajstić information content (AvgIpc) is 2.94. The fourth-order valence-electron chi connectivity index (χ4n) is 5.58. The molecule has 4 aromatic rings. The molecule has 0 spiro atoms. The summed E-state index contributed by atoms with van der Waals surface area (Å²) in [6, 6.07) is 20.7. The molecule has 0 radical (unpaired) electrons. The number of nitrogens with one attached hydrogen (secondary N) is 1. The zero-order valence-electron chi connectivity index (χ0n) is 20.8. The summed E-state index contributed by atoms with van der Waals surface area (Å²) in [5.41, 5.74) is 6.96. The van der Waals surface area contributed by atoms with E-state index < -0.39 is 11.6 Å². The summed E-state index contributed by atoms with van der Waals surface area (Å²) in [5, 5.41) is 3.35. The van der Waals surface area contributed by atoms with E-state index in [9.17, 15) is 8.78 Å². The van der Waals surface area contributed by atoms with Crippen LogP contribution in [0.15, 0.2) is 72.9 Å². The number of likely N-dealkylation sites (tertiary alicyclic amines) is 1. The second-order valence-corrected chi connectivity index (χ2v) is 10.1. The van der Waals surface area contributed by atoms with Gasteiger partial charge in [-0.2, -0.15) is 0 Å². The van der Waals surface area contributed by atoms with Crippen LogP contribution in [0.3, 0.4) is 0 Å². The highest BCUT2D eigenvalue weighted by Crippen LogP contribution is 2.42. The zero-order valence-corrected chi connectivity index (χ0v) is 20.8. The Hall–Kier alpha value is -3.64. The summed E-state index contributed by atoms with van der Waals surface area (Å²) in [5.74, 6) is -1.20. The van der Waals surface area contributed by atoms with Gasteiger partial charge in [-0.3, -0.25) is 0 Å². The number of halogens is 2. The molecule has 6 heteroatoms. The van der Waals surface area contributed by atoms with Gasteiger partial charge in [0.1, 0.15) is 0 Å². The number of rotatable bonds is 6. The highest BCUT2D eigenvalue weighted by Gasteiger charge is 2.28. The number of nitrogens with zero attached hydrogens (tertiary/aromatic N) is 3. The van der Waals surface area contributed by atoms with E-state index in [1.807, 2.05) is 30.5 Å². The predicted molar refractivity (Wildman–Crippen MR) is 143 cm³/mol. The second kappa shape index (κ2) is 10.4. The van der Waals surface area contributed by atoms with Gasteiger partial charge < -0.3 is 10.2 Å². The van der Waals surface area contributed by atoms with Gasteiger partial charge in [-0.25, -0.2) is 18.7 Å². The van der Waals surface area contributed by atoms with Crippen LogP contribution >= 0.6 is 0 Å². The molecule has 188 valence electrons. The van der Waals surface area contributed by atoms with Crippen molar-refractivity contribution in [3.8, 4) is 11.3 Å². The SMILES string of the molecule is Fc1ccc([C@H]2Cc3cnc(Nc4ccc(CCN5CCCCC5)cc4)nc3-c3ccccc32)cc1F. The molecular weight excluding hydrogens is 466 g/mol. The van der Waals surface area contributed by atoms with Crippen molar-refractivity contribution >= 4 is 11.6 Å². The Labute approximate surface area is 216 Å². The van der Waals surface area contributed by atoms with Crippen LogP contribution in [0, 0.1) is 11.6 Å². The Kier molecular flexibility index (Phi) is 6.66. The Bertz CT molecular complexity index is 1400. The molecule has 0 amide bonds. The lowest BCUT2D eigenvalue weighted by atomic mass is 9.78. The number of benzene rings is 3. The van der Waals surface area contributed by atoms with Crippen LogP contribution in [-0.2, 0) is 12.8 Å². The van der Waals surface area contributed by atoms with Gasteiger partial charge in [0.15, 0.2) is 11.6 Å². The molecule has 1 N–H and O–H groups in total. The maximum absolute atomic E-state index is 14.0. The van der Waals surface area contributed by atoms with E-state index in [0.717, 1.165) is 46.6 Å². The zero-order chi connectivity index (χ0) is 25.2. The molecule has 0 bridgehead atoms. The van der Waals surface area contributed by atoms with Gasteiger partial charge >= 0.3 is 0 Å². The fraction of sp³-hybridized carbons (Fsp3) is 0.290. The van der Waals surface area contributed by atoms with Crippen LogP contribution in [0.1, 0.15) is 47.4 Å². The minimum Gasteiger partial charge on any atom is -0.324 e. The molecule has 1 aromatic heterocycles. The predicted octanol–water partition coefficient (Wildman–Crippen LogP) is 6.88. The van der Waals surface area contributed by atoms with E-state index in [1.165, 1.54) is 50.0 Å². The number of anilines is 2. The minimum atomic E-state index is -0.831. The molecule has 1 fully saturated rings. The molecule has 6 rings (SSSR count). The first kappa shape index (κ1) is 23.7.